The number of para-hydroxylation sites is 1. The molecule has 0 radical (unpaired) electrons. The van der Waals surface area contributed by atoms with Gasteiger partial charge in [-0.1, -0.05) is 32.0 Å². The highest BCUT2D eigenvalue weighted by molar-refractivity contribution is 5.71. The molecular weight excluding hydrogens is 348 g/mol. The Balaban J connectivity index is 1.82. The summed E-state index contributed by atoms with van der Waals surface area (Å²) in [7, 11) is 0. The van der Waals surface area contributed by atoms with Crippen LogP contribution in [0.1, 0.15) is 37.2 Å². The summed E-state index contributed by atoms with van der Waals surface area (Å²) in [6.07, 6.45) is 2.10. The average Bonchev–Trinajstić information content (AvgIpc) is 2.61. The summed E-state index contributed by atoms with van der Waals surface area (Å²) < 4.78 is 21.3. The summed E-state index contributed by atoms with van der Waals surface area (Å²) >= 11 is 0. The molecule has 0 aliphatic rings. The second kappa shape index (κ2) is 9.80. The van der Waals surface area contributed by atoms with Crippen molar-refractivity contribution in [3.8, 4) is 11.5 Å². The normalized spacial score (nSPS) is 10.7. The first-order valence-electron chi connectivity index (χ1n) is 8.96. The van der Waals surface area contributed by atoms with Gasteiger partial charge in [-0.05, 0) is 37.3 Å². The molecule has 0 aliphatic carbocycles. The minimum atomic E-state index is -0.544. The van der Waals surface area contributed by atoms with E-state index in [4.69, 9.17) is 18.6 Å². The van der Waals surface area contributed by atoms with E-state index in [-0.39, 0.29) is 30.2 Å². The first kappa shape index (κ1) is 20.6. The molecule has 0 amide bonds. The number of carbonyl (C=O) groups excluding carboxylic acids is 1. The van der Waals surface area contributed by atoms with E-state index in [9.17, 15) is 9.59 Å². The van der Waals surface area contributed by atoms with Gasteiger partial charge in [0.25, 0.3) is 0 Å². The molecule has 2 rings (SSSR count). The van der Waals surface area contributed by atoms with Gasteiger partial charge in [0, 0.05) is 6.07 Å². The van der Waals surface area contributed by atoms with E-state index in [0.717, 1.165) is 17.5 Å². The van der Waals surface area contributed by atoms with E-state index >= 15 is 0 Å². The maximum atomic E-state index is 12.0. The molecule has 1 aromatic carbocycles. The molecule has 0 fully saturated rings. The number of carbonyl (C=O) groups is 1. The van der Waals surface area contributed by atoms with Crippen LogP contribution in [0, 0.1) is 19.8 Å². The minimum absolute atomic E-state index is 0.142. The van der Waals surface area contributed by atoms with Gasteiger partial charge in [-0.2, -0.15) is 0 Å². The molecule has 1 heterocycles. The fourth-order valence-corrected chi connectivity index (χ4v) is 2.38. The summed E-state index contributed by atoms with van der Waals surface area (Å²) in [5.74, 6) is 1.02. The zero-order chi connectivity index (χ0) is 19.8. The molecule has 0 saturated heterocycles. The van der Waals surface area contributed by atoms with Gasteiger partial charge in [-0.15, -0.1) is 0 Å². The Morgan fingerprint density at radius 1 is 1.15 bits per heavy atom. The van der Waals surface area contributed by atoms with E-state index in [1.807, 2.05) is 32.0 Å². The number of esters is 1. The predicted molar refractivity (Wildman–Crippen MR) is 101 cm³/mol. The van der Waals surface area contributed by atoms with Crippen LogP contribution in [-0.4, -0.2) is 19.2 Å². The lowest BCUT2D eigenvalue weighted by atomic mass is 10.1. The average molecular weight is 374 g/mol. The molecule has 0 unspecified atom stereocenters. The maximum absolute atomic E-state index is 12.0. The standard InChI is InChI=1S/C21H26O6/c1-14(2)8-9-24-19-12-25-17(10-18(19)22)11-26-20(23)13-27-21-15(3)6-5-7-16(21)4/h5-7,10,12,14H,8-9,11,13H2,1-4H3. The number of benzene rings is 1. The Morgan fingerprint density at radius 3 is 2.48 bits per heavy atom. The van der Waals surface area contributed by atoms with Crippen molar-refractivity contribution in [1.82, 2.24) is 0 Å². The van der Waals surface area contributed by atoms with Crippen molar-refractivity contribution in [2.45, 2.75) is 40.7 Å². The molecule has 6 nitrogen and oxygen atoms in total. The van der Waals surface area contributed by atoms with E-state index < -0.39 is 5.97 Å². The van der Waals surface area contributed by atoms with E-state index in [1.165, 1.54) is 12.3 Å². The molecule has 0 bridgehead atoms. The Bertz CT molecular complexity index is 801. The van der Waals surface area contributed by atoms with Crippen LogP contribution in [0.5, 0.6) is 11.5 Å². The molecule has 0 spiro atoms. The first-order chi connectivity index (χ1) is 12.9. The molecule has 0 aliphatic heterocycles. The molecular formula is C21H26O6. The zero-order valence-electron chi connectivity index (χ0n) is 16.2. The summed E-state index contributed by atoms with van der Waals surface area (Å²) in [4.78, 5) is 23.9. The smallest absolute Gasteiger partial charge is 0.344 e. The molecule has 0 saturated carbocycles. The van der Waals surface area contributed by atoms with Crippen LogP contribution in [0.15, 0.2) is 39.7 Å². The summed E-state index contributed by atoms with van der Waals surface area (Å²) in [5, 5.41) is 0. The number of hydrogen-bond acceptors (Lipinski definition) is 6. The van der Waals surface area contributed by atoms with E-state index in [2.05, 4.69) is 13.8 Å². The Kier molecular flexibility index (Phi) is 7.46. The van der Waals surface area contributed by atoms with Gasteiger partial charge in [-0.25, -0.2) is 4.79 Å². The lowest BCUT2D eigenvalue weighted by Gasteiger charge is -2.11. The predicted octanol–water partition coefficient (Wildman–Crippen LogP) is 3.80. The van der Waals surface area contributed by atoms with Crippen LogP contribution < -0.4 is 14.9 Å². The Hall–Kier alpha value is -2.76. The number of ether oxygens (including phenoxy) is 3. The monoisotopic (exact) mass is 374 g/mol. The van der Waals surface area contributed by atoms with Crippen LogP contribution in [0.25, 0.3) is 0 Å². The maximum Gasteiger partial charge on any atom is 0.344 e. The summed E-state index contributed by atoms with van der Waals surface area (Å²) in [6.45, 7) is 8.07. The van der Waals surface area contributed by atoms with Crippen molar-refractivity contribution < 1.29 is 23.4 Å². The highest BCUT2D eigenvalue weighted by Gasteiger charge is 2.11. The first-order valence-corrected chi connectivity index (χ1v) is 8.96. The van der Waals surface area contributed by atoms with Crippen molar-refractivity contribution in [2.24, 2.45) is 5.92 Å². The number of hydrogen-bond donors (Lipinski definition) is 0. The minimum Gasteiger partial charge on any atom is -0.487 e. The quantitative estimate of drug-likeness (QED) is 0.622. The van der Waals surface area contributed by atoms with Gasteiger partial charge in [0.15, 0.2) is 6.61 Å². The van der Waals surface area contributed by atoms with Crippen molar-refractivity contribution in [3.63, 3.8) is 0 Å². The Morgan fingerprint density at radius 2 is 1.85 bits per heavy atom. The van der Waals surface area contributed by atoms with Gasteiger partial charge in [0.05, 0.1) is 6.61 Å². The third kappa shape index (κ3) is 6.47. The van der Waals surface area contributed by atoms with Crippen molar-refractivity contribution >= 4 is 5.97 Å². The van der Waals surface area contributed by atoms with Gasteiger partial charge >= 0.3 is 5.97 Å². The highest BCUT2D eigenvalue weighted by atomic mass is 16.6. The Labute approximate surface area is 159 Å². The lowest BCUT2D eigenvalue weighted by molar-refractivity contribution is -0.147. The fraction of sp³-hybridized carbons (Fsp3) is 0.429. The molecule has 27 heavy (non-hydrogen) atoms. The zero-order valence-corrected chi connectivity index (χ0v) is 16.2. The molecule has 0 atom stereocenters. The third-order valence-corrected chi connectivity index (χ3v) is 3.92. The summed E-state index contributed by atoms with van der Waals surface area (Å²) in [5.41, 5.74) is 1.59. The largest absolute Gasteiger partial charge is 0.487 e. The van der Waals surface area contributed by atoms with Crippen molar-refractivity contribution in [1.29, 1.82) is 0 Å². The van der Waals surface area contributed by atoms with E-state index in [1.54, 1.807) is 0 Å². The lowest BCUT2D eigenvalue weighted by Crippen LogP contribution is -2.16. The van der Waals surface area contributed by atoms with Gasteiger partial charge in [0.1, 0.15) is 24.4 Å². The second-order valence-electron chi connectivity index (χ2n) is 6.78. The SMILES string of the molecule is Cc1cccc(C)c1OCC(=O)OCc1cc(=O)c(OCCC(C)C)co1. The van der Waals surface area contributed by atoms with Crippen LogP contribution in [0.3, 0.4) is 0 Å². The van der Waals surface area contributed by atoms with Crippen molar-refractivity contribution in [2.75, 3.05) is 13.2 Å². The van der Waals surface area contributed by atoms with Crippen LogP contribution in [-0.2, 0) is 16.1 Å². The fourth-order valence-electron chi connectivity index (χ4n) is 2.38. The highest BCUT2D eigenvalue weighted by Crippen LogP contribution is 2.22. The van der Waals surface area contributed by atoms with Gasteiger partial charge in [0.2, 0.25) is 11.2 Å². The van der Waals surface area contributed by atoms with Crippen LogP contribution >= 0.6 is 0 Å². The topological polar surface area (TPSA) is 75.0 Å². The van der Waals surface area contributed by atoms with Crippen LogP contribution in [0.2, 0.25) is 0 Å². The van der Waals surface area contributed by atoms with Gasteiger partial charge in [-0.3, -0.25) is 4.79 Å². The molecule has 6 heteroatoms. The second-order valence-corrected chi connectivity index (χ2v) is 6.78. The van der Waals surface area contributed by atoms with Gasteiger partial charge < -0.3 is 18.6 Å². The van der Waals surface area contributed by atoms with Crippen molar-refractivity contribution in [3.05, 3.63) is 57.6 Å². The number of rotatable bonds is 9. The molecule has 2 aromatic rings. The molecule has 146 valence electrons. The molecule has 0 N–H and O–H groups in total. The third-order valence-electron chi connectivity index (χ3n) is 3.92. The van der Waals surface area contributed by atoms with Crippen LogP contribution in [0.4, 0.5) is 0 Å². The number of aryl methyl sites for hydroxylation is 2. The summed E-state index contributed by atoms with van der Waals surface area (Å²) in [6, 6.07) is 7.01. The molecule has 1 aromatic heterocycles. The van der Waals surface area contributed by atoms with E-state index in [0.29, 0.717) is 18.3 Å².